The molecule has 2 aromatic carbocycles. The van der Waals surface area contributed by atoms with Crippen LogP contribution in [0.5, 0.6) is 0 Å². The summed E-state index contributed by atoms with van der Waals surface area (Å²) in [5, 5.41) is 0. The lowest BCUT2D eigenvalue weighted by atomic mass is 10.0. The molecule has 0 aliphatic heterocycles. The van der Waals surface area contributed by atoms with Crippen LogP contribution < -0.4 is 0 Å². The third kappa shape index (κ3) is 4.06. The minimum atomic E-state index is 0.0947. The van der Waals surface area contributed by atoms with Gasteiger partial charge in [-0.25, -0.2) is 0 Å². The first kappa shape index (κ1) is 14.0. The number of hydrogen-bond donors (Lipinski definition) is 0. The zero-order valence-electron chi connectivity index (χ0n) is 11.7. The fraction of sp³-hybridized carbons (Fsp3) is 0.105. The summed E-state index contributed by atoms with van der Waals surface area (Å²) in [6.45, 7) is 5.65. The minimum absolute atomic E-state index is 0.0947. The van der Waals surface area contributed by atoms with Gasteiger partial charge in [0.1, 0.15) is 0 Å². The molecule has 1 nitrogen and oxygen atoms in total. The van der Waals surface area contributed by atoms with Crippen molar-refractivity contribution in [3.63, 3.8) is 0 Å². The number of allylic oxidation sites excluding steroid dienone is 2. The van der Waals surface area contributed by atoms with Crippen molar-refractivity contribution in [3.05, 3.63) is 89.5 Å². The first-order chi connectivity index (χ1) is 9.65. The molecule has 0 N–H and O–H groups in total. The van der Waals surface area contributed by atoms with E-state index in [1.807, 2.05) is 48.5 Å². The molecule has 0 bridgehead atoms. The van der Waals surface area contributed by atoms with Gasteiger partial charge in [-0.15, -0.1) is 0 Å². The van der Waals surface area contributed by atoms with Gasteiger partial charge in [-0.3, -0.25) is 4.79 Å². The molecule has 0 aliphatic rings. The van der Waals surface area contributed by atoms with E-state index < -0.39 is 0 Å². The minimum Gasteiger partial charge on any atom is -0.295 e. The van der Waals surface area contributed by atoms with E-state index in [2.05, 4.69) is 24.8 Å². The van der Waals surface area contributed by atoms with Crippen molar-refractivity contribution in [3.8, 4) is 0 Å². The van der Waals surface area contributed by atoms with Crippen LogP contribution in [0.4, 0.5) is 0 Å². The van der Waals surface area contributed by atoms with E-state index in [4.69, 9.17) is 0 Å². The molecular formula is C19H18O. The molecule has 0 amide bonds. The number of rotatable bonds is 5. The van der Waals surface area contributed by atoms with Crippen molar-refractivity contribution in [1.29, 1.82) is 0 Å². The molecular weight excluding hydrogens is 244 g/mol. The topological polar surface area (TPSA) is 17.1 Å². The first-order valence-electron chi connectivity index (χ1n) is 6.66. The fourth-order valence-electron chi connectivity index (χ4n) is 2.00. The summed E-state index contributed by atoms with van der Waals surface area (Å²) in [4.78, 5) is 11.4. The largest absolute Gasteiger partial charge is 0.295 e. The highest BCUT2D eigenvalue weighted by Crippen LogP contribution is 2.12. The number of ketones is 1. The van der Waals surface area contributed by atoms with Crippen LogP contribution in [-0.4, -0.2) is 5.78 Å². The molecule has 0 saturated heterocycles. The van der Waals surface area contributed by atoms with Gasteiger partial charge in [0.05, 0.1) is 0 Å². The van der Waals surface area contributed by atoms with Crippen molar-refractivity contribution in [2.45, 2.75) is 13.3 Å². The van der Waals surface area contributed by atoms with Gasteiger partial charge in [-0.1, -0.05) is 72.8 Å². The van der Waals surface area contributed by atoms with Crippen molar-refractivity contribution in [1.82, 2.24) is 0 Å². The van der Waals surface area contributed by atoms with Gasteiger partial charge in [-0.05, 0) is 30.5 Å². The molecule has 0 heterocycles. The van der Waals surface area contributed by atoms with Crippen molar-refractivity contribution in [2.75, 3.05) is 0 Å². The number of Topliss-reactive ketones (excluding diaryl/α,β-unsaturated/α-hetero) is 1. The Morgan fingerprint density at radius 3 is 2.55 bits per heavy atom. The molecule has 0 fully saturated rings. The SMILES string of the molecule is C=C(C=Cc1ccccc1)Cc1cccc(C(C)=O)c1. The van der Waals surface area contributed by atoms with Gasteiger partial charge < -0.3 is 0 Å². The molecule has 0 aliphatic carbocycles. The number of hydrogen-bond acceptors (Lipinski definition) is 1. The summed E-state index contributed by atoms with van der Waals surface area (Å²) < 4.78 is 0. The van der Waals surface area contributed by atoms with Gasteiger partial charge in [-0.2, -0.15) is 0 Å². The van der Waals surface area contributed by atoms with Crippen LogP contribution in [-0.2, 0) is 6.42 Å². The van der Waals surface area contributed by atoms with E-state index in [1.54, 1.807) is 6.92 Å². The van der Waals surface area contributed by atoms with Crippen LogP contribution >= 0.6 is 0 Å². The zero-order valence-corrected chi connectivity index (χ0v) is 11.7. The molecule has 0 spiro atoms. The second-order valence-electron chi connectivity index (χ2n) is 4.84. The first-order valence-corrected chi connectivity index (χ1v) is 6.66. The monoisotopic (exact) mass is 262 g/mol. The quantitative estimate of drug-likeness (QED) is 0.564. The molecule has 0 radical (unpaired) electrons. The van der Waals surface area contributed by atoms with Crippen molar-refractivity contribution >= 4 is 11.9 Å². The Kier molecular flexibility index (Phi) is 4.67. The molecule has 20 heavy (non-hydrogen) atoms. The van der Waals surface area contributed by atoms with Gasteiger partial charge in [0.15, 0.2) is 5.78 Å². The van der Waals surface area contributed by atoms with E-state index >= 15 is 0 Å². The second-order valence-corrected chi connectivity index (χ2v) is 4.84. The van der Waals surface area contributed by atoms with Gasteiger partial charge in [0, 0.05) is 5.56 Å². The summed E-state index contributed by atoms with van der Waals surface area (Å²) in [5.41, 5.74) is 4.04. The summed E-state index contributed by atoms with van der Waals surface area (Å²) in [5.74, 6) is 0.0947. The smallest absolute Gasteiger partial charge is 0.159 e. The fourth-order valence-corrected chi connectivity index (χ4v) is 2.00. The Morgan fingerprint density at radius 1 is 1.10 bits per heavy atom. The normalized spacial score (nSPS) is 10.7. The summed E-state index contributed by atoms with van der Waals surface area (Å²) in [6.07, 6.45) is 4.83. The highest BCUT2D eigenvalue weighted by Gasteiger charge is 2.01. The van der Waals surface area contributed by atoms with Crippen LogP contribution in [0.25, 0.3) is 6.08 Å². The van der Waals surface area contributed by atoms with Crippen molar-refractivity contribution in [2.24, 2.45) is 0 Å². The van der Waals surface area contributed by atoms with Crippen LogP contribution in [0.3, 0.4) is 0 Å². The molecule has 0 atom stereocenters. The Balaban J connectivity index is 2.03. The van der Waals surface area contributed by atoms with Crippen LogP contribution in [0, 0.1) is 0 Å². The van der Waals surface area contributed by atoms with Crippen LogP contribution in [0.1, 0.15) is 28.4 Å². The number of carbonyl (C=O) groups excluding carboxylic acids is 1. The maximum absolute atomic E-state index is 11.4. The molecule has 0 unspecified atom stereocenters. The predicted molar refractivity (Wildman–Crippen MR) is 84.8 cm³/mol. The van der Waals surface area contributed by atoms with E-state index in [0.717, 1.165) is 28.7 Å². The van der Waals surface area contributed by atoms with Gasteiger partial charge >= 0.3 is 0 Å². The lowest BCUT2D eigenvalue weighted by Crippen LogP contribution is -1.94. The Morgan fingerprint density at radius 2 is 1.85 bits per heavy atom. The maximum atomic E-state index is 11.4. The molecule has 0 saturated carbocycles. The molecule has 0 aromatic heterocycles. The molecule has 2 aromatic rings. The third-order valence-electron chi connectivity index (χ3n) is 3.08. The van der Waals surface area contributed by atoms with E-state index in [9.17, 15) is 4.79 Å². The van der Waals surface area contributed by atoms with Crippen molar-refractivity contribution < 1.29 is 4.79 Å². The number of benzene rings is 2. The lowest BCUT2D eigenvalue weighted by molar-refractivity contribution is 0.101. The van der Waals surface area contributed by atoms with E-state index in [1.165, 1.54) is 0 Å². The van der Waals surface area contributed by atoms with Crippen LogP contribution in [0.2, 0.25) is 0 Å². The maximum Gasteiger partial charge on any atom is 0.159 e. The highest BCUT2D eigenvalue weighted by atomic mass is 16.1. The predicted octanol–water partition coefficient (Wildman–Crippen LogP) is 4.70. The summed E-state index contributed by atoms with van der Waals surface area (Å²) in [7, 11) is 0. The Labute approximate surface area is 120 Å². The standard InChI is InChI=1S/C19H18O/c1-15(11-12-17-7-4-3-5-8-17)13-18-9-6-10-19(14-18)16(2)20/h3-12,14H,1,13H2,2H3. The highest BCUT2D eigenvalue weighted by molar-refractivity contribution is 5.94. The summed E-state index contributed by atoms with van der Waals surface area (Å²) >= 11 is 0. The van der Waals surface area contributed by atoms with Gasteiger partial charge in [0.2, 0.25) is 0 Å². The van der Waals surface area contributed by atoms with Crippen LogP contribution in [0.15, 0.2) is 72.8 Å². The second kappa shape index (κ2) is 6.67. The molecule has 1 heteroatoms. The average molecular weight is 262 g/mol. The zero-order chi connectivity index (χ0) is 14.4. The lowest BCUT2D eigenvalue weighted by Gasteiger charge is -2.03. The Bertz CT molecular complexity index is 636. The van der Waals surface area contributed by atoms with E-state index in [-0.39, 0.29) is 5.78 Å². The Hall–Kier alpha value is -2.41. The molecule has 2 rings (SSSR count). The average Bonchev–Trinajstić information content (AvgIpc) is 2.46. The number of carbonyl (C=O) groups is 1. The van der Waals surface area contributed by atoms with Gasteiger partial charge in [0.25, 0.3) is 0 Å². The molecule has 100 valence electrons. The summed E-state index contributed by atoms with van der Waals surface area (Å²) in [6, 6.07) is 17.9. The van der Waals surface area contributed by atoms with E-state index in [0.29, 0.717) is 0 Å². The third-order valence-corrected chi connectivity index (χ3v) is 3.08.